The Hall–Kier alpha value is -2.08. The number of aliphatic carboxylic acids is 1. The summed E-state index contributed by atoms with van der Waals surface area (Å²) in [6.45, 7) is 5.96. The molecule has 0 aromatic heterocycles. The van der Waals surface area contributed by atoms with Gasteiger partial charge in [-0.1, -0.05) is 30.3 Å². The lowest BCUT2D eigenvalue weighted by Crippen LogP contribution is -2.48. The molecule has 0 fully saturated rings. The standard InChI is InChI=1S/C16H24N2O4/c1-16(2,3)22-15(21)17-13(14(19)20)11-18(4)10-12-8-6-5-7-9-12/h5-9,13H,10-11H2,1-4H3,(H,17,21)(H,19,20)/t13-/m1/s1. The molecule has 6 heteroatoms. The number of carboxylic acids is 1. The Bertz CT molecular complexity index is 497. The van der Waals surface area contributed by atoms with Gasteiger partial charge in [-0.2, -0.15) is 0 Å². The number of rotatable bonds is 6. The lowest BCUT2D eigenvalue weighted by molar-refractivity contribution is -0.140. The Kier molecular flexibility index (Phi) is 6.37. The van der Waals surface area contributed by atoms with Crippen molar-refractivity contribution in [2.24, 2.45) is 0 Å². The second-order valence-corrected chi connectivity index (χ2v) is 6.22. The number of hydrogen-bond donors (Lipinski definition) is 2. The van der Waals surface area contributed by atoms with Crippen LogP contribution in [0.25, 0.3) is 0 Å². The van der Waals surface area contributed by atoms with E-state index in [1.165, 1.54) is 0 Å². The number of amides is 1. The van der Waals surface area contributed by atoms with Gasteiger partial charge in [0.15, 0.2) is 0 Å². The zero-order valence-corrected chi connectivity index (χ0v) is 13.5. The summed E-state index contributed by atoms with van der Waals surface area (Å²) in [7, 11) is 1.81. The van der Waals surface area contributed by atoms with Crippen molar-refractivity contribution in [3.8, 4) is 0 Å². The van der Waals surface area contributed by atoms with Crippen LogP contribution < -0.4 is 5.32 Å². The van der Waals surface area contributed by atoms with Gasteiger partial charge in [0.2, 0.25) is 0 Å². The topological polar surface area (TPSA) is 78.9 Å². The molecule has 1 aromatic carbocycles. The number of carbonyl (C=O) groups is 2. The Morgan fingerprint density at radius 2 is 1.86 bits per heavy atom. The number of hydrogen-bond acceptors (Lipinski definition) is 4. The molecule has 2 N–H and O–H groups in total. The van der Waals surface area contributed by atoms with Crippen molar-refractivity contribution in [1.29, 1.82) is 0 Å². The van der Waals surface area contributed by atoms with Crippen LogP contribution in [0.15, 0.2) is 30.3 Å². The highest BCUT2D eigenvalue weighted by Crippen LogP contribution is 2.07. The Morgan fingerprint density at radius 1 is 1.27 bits per heavy atom. The molecular formula is C16H24N2O4. The van der Waals surface area contributed by atoms with Crippen LogP contribution in [-0.4, -0.2) is 47.3 Å². The SMILES string of the molecule is CN(Cc1ccccc1)C[C@@H](NC(=O)OC(C)(C)C)C(=O)O. The van der Waals surface area contributed by atoms with Crippen LogP contribution in [0.1, 0.15) is 26.3 Å². The van der Waals surface area contributed by atoms with Crippen LogP contribution >= 0.6 is 0 Å². The van der Waals surface area contributed by atoms with Gasteiger partial charge in [-0.05, 0) is 33.4 Å². The van der Waals surface area contributed by atoms with E-state index in [1.807, 2.05) is 35.2 Å². The molecule has 122 valence electrons. The number of nitrogens with one attached hydrogen (secondary N) is 1. The monoisotopic (exact) mass is 308 g/mol. The highest BCUT2D eigenvalue weighted by Gasteiger charge is 2.25. The van der Waals surface area contributed by atoms with E-state index in [4.69, 9.17) is 4.74 Å². The van der Waals surface area contributed by atoms with Crippen molar-refractivity contribution >= 4 is 12.1 Å². The second kappa shape index (κ2) is 7.79. The number of ether oxygens (including phenoxy) is 1. The Morgan fingerprint density at radius 3 is 2.36 bits per heavy atom. The van der Waals surface area contributed by atoms with Crippen molar-refractivity contribution < 1.29 is 19.4 Å². The van der Waals surface area contributed by atoms with E-state index in [-0.39, 0.29) is 6.54 Å². The molecule has 0 aliphatic heterocycles. The number of nitrogens with zero attached hydrogens (tertiary/aromatic N) is 1. The van der Waals surface area contributed by atoms with E-state index in [0.717, 1.165) is 5.56 Å². The molecule has 0 unspecified atom stereocenters. The first-order valence-corrected chi connectivity index (χ1v) is 7.12. The molecule has 1 atom stereocenters. The molecule has 1 rings (SSSR count). The maximum absolute atomic E-state index is 11.7. The molecule has 0 saturated heterocycles. The van der Waals surface area contributed by atoms with Crippen LogP contribution in [0.5, 0.6) is 0 Å². The molecule has 0 saturated carbocycles. The van der Waals surface area contributed by atoms with Gasteiger partial charge in [0.1, 0.15) is 11.6 Å². The van der Waals surface area contributed by atoms with E-state index in [0.29, 0.717) is 6.54 Å². The lowest BCUT2D eigenvalue weighted by Gasteiger charge is -2.24. The van der Waals surface area contributed by atoms with Gasteiger partial charge in [-0.25, -0.2) is 9.59 Å². The summed E-state index contributed by atoms with van der Waals surface area (Å²) in [5, 5.41) is 11.6. The highest BCUT2D eigenvalue weighted by atomic mass is 16.6. The zero-order chi connectivity index (χ0) is 16.8. The number of carboxylic acid groups (broad SMARTS) is 1. The van der Waals surface area contributed by atoms with Gasteiger partial charge in [0, 0.05) is 13.1 Å². The Labute approximate surface area is 131 Å². The van der Waals surface area contributed by atoms with Crippen LogP contribution in [-0.2, 0) is 16.1 Å². The van der Waals surface area contributed by atoms with E-state index in [9.17, 15) is 14.7 Å². The molecular weight excluding hydrogens is 284 g/mol. The van der Waals surface area contributed by atoms with Crippen LogP contribution in [0.2, 0.25) is 0 Å². The smallest absolute Gasteiger partial charge is 0.408 e. The van der Waals surface area contributed by atoms with Crippen LogP contribution in [0, 0.1) is 0 Å². The van der Waals surface area contributed by atoms with Gasteiger partial charge in [0.05, 0.1) is 0 Å². The molecule has 0 radical (unpaired) electrons. The minimum Gasteiger partial charge on any atom is -0.480 e. The molecule has 0 aliphatic carbocycles. The van der Waals surface area contributed by atoms with Gasteiger partial charge >= 0.3 is 12.1 Å². The molecule has 0 bridgehead atoms. The molecule has 1 aromatic rings. The van der Waals surface area contributed by atoms with Gasteiger partial charge < -0.3 is 15.2 Å². The van der Waals surface area contributed by atoms with Crippen molar-refractivity contribution in [3.63, 3.8) is 0 Å². The van der Waals surface area contributed by atoms with Crippen molar-refractivity contribution in [2.45, 2.75) is 39.0 Å². The maximum atomic E-state index is 11.7. The molecule has 1 amide bonds. The summed E-state index contributed by atoms with van der Waals surface area (Å²) in [4.78, 5) is 24.8. The summed E-state index contributed by atoms with van der Waals surface area (Å²) < 4.78 is 5.09. The maximum Gasteiger partial charge on any atom is 0.408 e. The zero-order valence-electron chi connectivity index (χ0n) is 13.5. The predicted octanol–water partition coefficient (Wildman–Crippen LogP) is 2.10. The normalized spacial score (nSPS) is 12.8. The fraction of sp³-hybridized carbons (Fsp3) is 0.500. The molecule has 0 heterocycles. The van der Waals surface area contributed by atoms with E-state index in [1.54, 1.807) is 27.8 Å². The molecule has 0 aliphatic rings. The van der Waals surface area contributed by atoms with Gasteiger partial charge in [0.25, 0.3) is 0 Å². The first-order chi connectivity index (χ1) is 10.2. The van der Waals surface area contributed by atoms with E-state index in [2.05, 4.69) is 5.32 Å². The summed E-state index contributed by atoms with van der Waals surface area (Å²) in [5.74, 6) is -1.09. The van der Waals surface area contributed by atoms with Crippen molar-refractivity contribution in [2.75, 3.05) is 13.6 Å². The van der Waals surface area contributed by atoms with Gasteiger partial charge in [-0.3, -0.25) is 4.90 Å². The number of carbonyl (C=O) groups excluding carboxylic acids is 1. The fourth-order valence-corrected chi connectivity index (χ4v) is 1.91. The summed E-state index contributed by atoms with van der Waals surface area (Å²) in [6, 6.07) is 8.69. The van der Waals surface area contributed by atoms with Crippen molar-refractivity contribution in [1.82, 2.24) is 10.2 Å². The third-order valence-corrected chi connectivity index (χ3v) is 2.78. The highest BCUT2D eigenvalue weighted by molar-refractivity contribution is 5.80. The van der Waals surface area contributed by atoms with Gasteiger partial charge in [-0.15, -0.1) is 0 Å². The van der Waals surface area contributed by atoms with E-state index < -0.39 is 23.7 Å². The molecule has 0 spiro atoms. The lowest BCUT2D eigenvalue weighted by atomic mass is 10.2. The van der Waals surface area contributed by atoms with Crippen LogP contribution in [0.4, 0.5) is 4.79 Å². The average molecular weight is 308 g/mol. The number of alkyl carbamates (subject to hydrolysis) is 1. The van der Waals surface area contributed by atoms with E-state index >= 15 is 0 Å². The molecule has 22 heavy (non-hydrogen) atoms. The third-order valence-electron chi connectivity index (χ3n) is 2.78. The van der Waals surface area contributed by atoms with Crippen LogP contribution in [0.3, 0.4) is 0 Å². The predicted molar refractivity (Wildman–Crippen MR) is 83.6 cm³/mol. The fourth-order valence-electron chi connectivity index (χ4n) is 1.91. The largest absolute Gasteiger partial charge is 0.480 e. The Balaban J connectivity index is 2.57. The quantitative estimate of drug-likeness (QED) is 0.841. The summed E-state index contributed by atoms with van der Waals surface area (Å²) >= 11 is 0. The number of likely N-dealkylation sites (N-methyl/N-ethyl adjacent to an activating group) is 1. The van der Waals surface area contributed by atoms with Crippen molar-refractivity contribution in [3.05, 3.63) is 35.9 Å². The minimum absolute atomic E-state index is 0.184. The summed E-state index contributed by atoms with van der Waals surface area (Å²) in [6.07, 6.45) is -0.729. The average Bonchev–Trinajstić information content (AvgIpc) is 2.36. The summed E-state index contributed by atoms with van der Waals surface area (Å²) in [5.41, 5.74) is 0.412. The molecule has 6 nitrogen and oxygen atoms in total. The first kappa shape index (κ1) is 18.0. The minimum atomic E-state index is -1.09. The third kappa shape index (κ3) is 7.08. The first-order valence-electron chi connectivity index (χ1n) is 7.12. The second-order valence-electron chi connectivity index (χ2n) is 6.22. The number of benzene rings is 1.